The molecular weight excluding hydrogens is 251 g/mol. The lowest BCUT2D eigenvalue weighted by atomic mass is 9.98. The van der Waals surface area contributed by atoms with Crippen molar-refractivity contribution in [3.8, 4) is 0 Å². The molecule has 1 fully saturated rings. The monoisotopic (exact) mass is 270 g/mol. The first-order valence-electron chi connectivity index (χ1n) is 6.18. The highest BCUT2D eigenvalue weighted by Gasteiger charge is 2.28. The molecule has 0 amide bonds. The van der Waals surface area contributed by atoms with Crippen molar-refractivity contribution in [2.24, 2.45) is 5.73 Å². The molecule has 1 saturated heterocycles. The summed E-state index contributed by atoms with van der Waals surface area (Å²) in [6.45, 7) is 3.32. The number of nitrogens with two attached hydrogens (primary N) is 1. The summed E-state index contributed by atoms with van der Waals surface area (Å²) in [5.74, 6) is 1.08. The van der Waals surface area contributed by atoms with Crippen LogP contribution in [-0.2, 0) is 10.8 Å². The lowest BCUT2D eigenvalue weighted by Crippen LogP contribution is -2.46. The van der Waals surface area contributed by atoms with Crippen LogP contribution in [0.5, 0.6) is 0 Å². The quantitative estimate of drug-likeness (QED) is 0.900. The number of hydrogen-bond donors (Lipinski definition) is 1. The molecule has 2 unspecified atom stereocenters. The van der Waals surface area contributed by atoms with Gasteiger partial charge in [0.05, 0.1) is 6.04 Å². The summed E-state index contributed by atoms with van der Waals surface area (Å²) < 4.78 is 25.3. The van der Waals surface area contributed by atoms with Gasteiger partial charge in [-0.2, -0.15) is 0 Å². The van der Waals surface area contributed by atoms with E-state index in [1.165, 1.54) is 6.07 Å². The first-order chi connectivity index (χ1) is 8.59. The Kier molecular flexibility index (Phi) is 4.48. The van der Waals surface area contributed by atoms with Gasteiger partial charge in [-0.05, 0) is 13.0 Å². The summed E-state index contributed by atoms with van der Waals surface area (Å²) in [5, 5.41) is 0. The largest absolute Gasteiger partial charge is 0.326 e. The van der Waals surface area contributed by atoms with Crippen LogP contribution in [0.15, 0.2) is 24.3 Å². The molecule has 2 atom stereocenters. The minimum Gasteiger partial charge on any atom is -0.326 e. The van der Waals surface area contributed by atoms with Crippen LogP contribution in [0.3, 0.4) is 0 Å². The fourth-order valence-corrected chi connectivity index (χ4v) is 3.54. The van der Waals surface area contributed by atoms with Crippen molar-refractivity contribution in [3.05, 3.63) is 35.6 Å². The van der Waals surface area contributed by atoms with E-state index in [-0.39, 0.29) is 17.9 Å². The number of halogens is 1. The molecule has 5 heteroatoms. The first-order valence-corrected chi connectivity index (χ1v) is 7.67. The molecule has 18 heavy (non-hydrogen) atoms. The highest BCUT2D eigenvalue weighted by Crippen LogP contribution is 2.26. The molecule has 3 nitrogen and oxygen atoms in total. The highest BCUT2D eigenvalue weighted by atomic mass is 32.2. The van der Waals surface area contributed by atoms with Crippen LogP contribution in [-0.4, -0.2) is 39.7 Å². The van der Waals surface area contributed by atoms with Gasteiger partial charge in [0.25, 0.3) is 0 Å². The van der Waals surface area contributed by atoms with Gasteiger partial charge in [0.2, 0.25) is 0 Å². The molecule has 1 aromatic rings. The standard InChI is InChI=1S/C13H19FN2OS/c1-10(15)13(11-4-2-3-5-12(11)14)16-6-8-18(17)9-7-16/h2-5,10,13H,6-9,15H2,1H3. The molecule has 0 aliphatic carbocycles. The predicted molar refractivity (Wildman–Crippen MR) is 72.2 cm³/mol. The van der Waals surface area contributed by atoms with Gasteiger partial charge in [-0.25, -0.2) is 4.39 Å². The summed E-state index contributed by atoms with van der Waals surface area (Å²) in [5.41, 5.74) is 6.66. The van der Waals surface area contributed by atoms with Gasteiger partial charge in [0, 0.05) is 47.0 Å². The second kappa shape index (κ2) is 5.91. The Morgan fingerprint density at radius 3 is 2.50 bits per heavy atom. The van der Waals surface area contributed by atoms with Crippen LogP contribution < -0.4 is 5.73 Å². The van der Waals surface area contributed by atoms with Gasteiger partial charge >= 0.3 is 0 Å². The van der Waals surface area contributed by atoms with Gasteiger partial charge in [0.15, 0.2) is 0 Å². The fourth-order valence-electron chi connectivity index (χ4n) is 2.46. The van der Waals surface area contributed by atoms with Crippen molar-refractivity contribution < 1.29 is 8.60 Å². The molecule has 100 valence electrons. The molecule has 1 aliphatic rings. The minimum absolute atomic E-state index is 0.136. The van der Waals surface area contributed by atoms with Gasteiger partial charge in [0.1, 0.15) is 5.82 Å². The number of hydrogen-bond acceptors (Lipinski definition) is 3. The van der Waals surface area contributed by atoms with Crippen molar-refractivity contribution in [1.82, 2.24) is 4.90 Å². The Hall–Kier alpha value is -0.780. The minimum atomic E-state index is -0.729. The third-order valence-corrected chi connectivity index (χ3v) is 4.60. The molecule has 2 N–H and O–H groups in total. The normalized spacial score (nSPS) is 21.7. The van der Waals surface area contributed by atoms with E-state index < -0.39 is 10.8 Å². The van der Waals surface area contributed by atoms with Gasteiger partial charge < -0.3 is 5.73 Å². The third kappa shape index (κ3) is 2.96. The molecule has 2 rings (SSSR count). The van der Waals surface area contributed by atoms with E-state index >= 15 is 0 Å². The van der Waals surface area contributed by atoms with Gasteiger partial charge in [-0.1, -0.05) is 18.2 Å². The Morgan fingerprint density at radius 2 is 1.94 bits per heavy atom. The molecule has 0 saturated carbocycles. The summed E-state index contributed by atoms with van der Waals surface area (Å²) in [6, 6.07) is 6.47. The number of rotatable bonds is 3. The molecule has 0 aromatic heterocycles. The molecule has 0 spiro atoms. The summed E-state index contributed by atoms with van der Waals surface area (Å²) in [6.07, 6.45) is 0. The molecule has 1 aromatic carbocycles. The third-order valence-electron chi connectivity index (χ3n) is 3.33. The lowest BCUT2D eigenvalue weighted by Gasteiger charge is -2.36. The molecular formula is C13H19FN2OS. The maximum atomic E-state index is 13.9. The molecule has 1 aliphatic heterocycles. The molecule has 0 radical (unpaired) electrons. The van der Waals surface area contributed by atoms with Crippen molar-refractivity contribution in [1.29, 1.82) is 0 Å². The summed E-state index contributed by atoms with van der Waals surface area (Å²) in [7, 11) is -0.729. The average molecular weight is 270 g/mol. The Balaban J connectivity index is 2.24. The van der Waals surface area contributed by atoms with Crippen LogP contribution in [0.4, 0.5) is 4.39 Å². The van der Waals surface area contributed by atoms with Crippen LogP contribution in [0.1, 0.15) is 18.5 Å². The Morgan fingerprint density at radius 1 is 1.33 bits per heavy atom. The van der Waals surface area contributed by atoms with Crippen LogP contribution >= 0.6 is 0 Å². The maximum absolute atomic E-state index is 13.9. The lowest BCUT2D eigenvalue weighted by molar-refractivity contribution is 0.189. The number of nitrogens with zero attached hydrogens (tertiary/aromatic N) is 1. The highest BCUT2D eigenvalue weighted by molar-refractivity contribution is 7.85. The fraction of sp³-hybridized carbons (Fsp3) is 0.538. The summed E-state index contributed by atoms with van der Waals surface area (Å²) in [4.78, 5) is 2.14. The second-order valence-electron chi connectivity index (χ2n) is 4.71. The van der Waals surface area contributed by atoms with Crippen LogP contribution in [0, 0.1) is 5.82 Å². The Bertz CT molecular complexity index is 429. The zero-order valence-electron chi connectivity index (χ0n) is 10.5. The van der Waals surface area contributed by atoms with Crippen molar-refractivity contribution in [2.75, 3.05) is 24.6 Å². The first kappa shape index (κ1) is 13.6. The van der Waals surface area contributed by atoms with Crippen molar-refractivity contribution in [2.45, 2.75) is 19.0 Å². The topological polar surface area (TPSA) is 46.3 Å². The van der Waals surface area contributed by atoms with Crippen molar-refractivity contribution >= 4 is 10.8 Å². The average Bonchev–Trinajstić information content (AvgIpc) is 2.34. The van der Waals surface area contributed by atoms with Crippen LogP contribution in [0.25, 0.3) is 0 Å². The Labute approximate surface area is 110 Å². The van der Waals surface area contributed by atoms with E-state index in [1.54, 1.807) is 12.1 Å². The SMILES string of the molecule is CC(N)C(c1ccccc1F)N1CCS(=O)CC1. The summed E-state index contributed by atoms with van der Waals surface area (Å²) >= 11 is 0. The molecule has 1 heterocycles. The molecule has 0 bridgehead atoms. The van der Waals surface area contributed by atoms with Gasteiger partial charge in [-0.15, -0.1) is 0 Å². The number of benzene rings is 1. The second-order valence-corrected chi connectivity index (χ2v) is 6.41. The van der Waals surface area contributed by atoms with E-state index in [2.05, 4.69) is 4.90 Å². The zero-order chi connectivity index (χ0) is 13.1. The van der Waals surface area contributed by atoms with E-state index in [0.717, 1.165) is 0 Å². The zero-order valence-corrected chi connectivity index (χ0v) is 11.3. The van der Waals surface area contributed by atoms with Crippen molar-refractivity contribution in [3.63, 3.8) is 0 Å². The van der Waals surface area contributed by atoms with E-state index in [9.17, 15) is 8.60 Å². The smallest absolute Gasteiger partial charge is 0.128 e. The van der Waals surface area contributed by atoms with E-state index in [0.29, 0.717) is 30.2 Å². The predicted octanol–water partition coefficient (Wildman–Crippen LogP) is 1.28. The van der Waals surface area contributed by atoms with E-state index in [4.69, 9.17) is 5.73 Å². The van der Waals surface area contributed by atoms with Gasteiger partial charge in [-0.3, -0.25) is 9.11 Å². The maximum Gasteiger partial charge on any atom is 0.128 e. The van der Waals surface area contributed by atoms with Crippen LogP contribution in [0.2, 0.25) is 0 Å². The van der Waals surface area contributed by atoms with E-state index in [1.807, 2.05) is 13.0 Å².